The summed E-state index contributed by atoms with van der Waals surface area (Å²) in [5.41, 5.74) is -2.87. The number of phenols is 2. The maximum atomic E-state index is 15.3. The molecule has 2 saturated carbocycles. The van der Waals surface area contributed by atoms with Gasteiger partial charge in [-0.05, 0) is 101 Å². The average Bonchev–Trinajstić information content (AvgIpc) is 3.25. The van der Waals surface area contributed by atoms with Crippen molar-refractivity contribution < 1.29 is 34.4 Å². The van der Waals surface area contributed by atoms with Crippen LogP contribution in [0.4, 0.5) is 0 Å². The monoisotopic (exact) mass is 604 g/mol. The van der Waals surface area contributed by atoms with Crippen LogP contribution in [0.5, 0.6) is 11.5 Å². The third-order valence-corrected chi connectivity index (χ3v) is 11.4. The quantitative estimate of drug-likeness (QED) is 0.104. The SMILES string of the molecule is CC(C)=CC[C@H]1C[C@@]23C[C@@]4(CCC(C)(C)CC4O)OC2=C(C(=O)c2ccc(O)c(O)c2)C(=O)[C@](CC=C(C)C)(C3=O)C1(C)C. The molecule has 2 spiro atoms. The molecule has 3 N–H and O–H groups in total. The van der Waals surface area contributed by atoms with Crippen LogP contribution in [0, 0.1) is 27.6 Å². The largest absolute Gasteiger partial charge is 0.504 e. The first-order valence-corrected chi connectivity index (χ1v) is 15.9. The molecule has 3 aliphatic carbocycles. The molecule has 1 heterocycles. The highest BCUT2D eigenvalue weighted by atomic mass is 16.5. The normalized spacial score (nSPS) is 33.5. The molecule has 1 aromatic carbocycles. The van der Waals surface area contributed by atoms with Crippen LogP contribution in [-0.4, -0.2) is 44.4 Å². The lowest BCUT2D eigenvalue weighted by molar-refractivity contribution is -0.169. The molecular weight excluding hydrogens is 556 g/mol. The second-order valence-corrected chi connectivity index (χ2v) is 15.7. The van der Waals surface area contributed by atoms with Crippen molar-refractivity contribution in [2.45, 2.75) is 112 Å². The minimum Gasteiger partial charge on any atom is -0.504 e. The highest BCUT2D eigenvalue weighted by Crippen LogP contribution is 2.71. The van der Waals surface area contributed by atoms with Crippen LogP contribution >= 0.6 is 0 Å². The van der Waals surface area contributed by atoms with Crippen molar-refractivity contribution in [2.24, 2.45) is 27.6 Å². The zero-order valence-corrected chi connectivity index (χ0v) is 27.5. The molecule has 7 heteroatoms. The molecule has 5 rings (SSSR count). The van der Waals surface area contributed by atoms with E-state index in [4.69, 9.17) is 4.74 Å². The van der Waals surface area contributed by atoms with Gasteiger partial charge in [0.05, 0.1) is 11.5 Å². The lowest BCUT2D eigenvalue weighted by Gasteiger charge is -2.59. The van der Waals surface area contributed by atoms with Gasteiger partial charge >= 0.3 is 0 Å². The lowest BCUT2D eigenvalue weighted by Crippen LogP contribution is -2.66. The Labute approximate surface area is 261 Å². The number of benzene rings is 1. The number of aliphatic hydroxyl groups excluding tert-OH is 1. The number of fused-ring (bicyclic) bond motifs is 1. The molecule has 238 valence electrons. The van der Waals surface area contributed by atoms with E-state index in [0.717, 1.165) is 23.6 Å². The van der Waals surface area contributed by atoms with Gasteiger partial charge in [-0.1, -0.05) is 51.0 Å². The van der Waals surface area contributed by atoms with E-state index in [1.807, 2.05) is 47.6 Å². The van der Waals surface area contributed by atoms with Crippen LogP contribution in [0.25, 0.3) is 0 Å². The van der Waals surface area contributed by atoms with Crippen molar-refractivity contribution in [1.29, 1.82) is 0 Å². The average molecular weight is 605 g/mol. The highest BCUT2D eigenvalue weighted by molar-refractivity contribution is 6.35. The second-order valence-electron chi connectivity index (χ2n) is 15.7. The Morgan fingerprint density at radius 2 is 1.61 bits per heavy atom. The van der Waals surface area contributed by atoms with Crippen LogP contribution in [0.3, 0.4) is 0 Å². The van der Waals surface area contributed by atoms with Crippen LogP contribution in [0.2, 0.25) is 0 Å². The molecule has 0 aromatic heterocycles. The van der Waals surface area contributed by atoms with E-state index in [2.05, 4.69) is 19.9 Å². The molecule has 0 radical (unpaired) electrons. The third-order valence-electron chi connectivity index (χ3n) is 11.4. The molecule has 5 atom stereocenters. The van der Waals surface area contributed by atoms with Crippen molar-refractivity contribution in [3.05, 3.63) is 58.4 Å². The zero-order valence-electron chi connectivity index (χ0n) is 27.5. The molecule has 2 bridgehead atoms. The molecule has 1 aliphatic heterocycles. The van der Waals surface area contributed by atoms with Gasteiger partial charge in [0.15, 0.2) is 28.8 Å². The summed E-state index contributed by atoms with van der Waals surface area (Å²) in [6.45, 7) is 16.1. The Balaban J connectivity index is 1.82. The number of carbonyl (C=O) groups is 3. The second kappa shape index (κ2) is 10.4. The molecule has 44 heavy (non-hydrogen) atoms. The number of hydrogen-bond acceptors (Lipinski definition) is 7. The molecule has 7 nitrogen and oxygen atoms in total. The number of phenolic OH excluding ortho intramolecular Hbond substituents is 2. The van der Waals surface area contributed by atoms with E-state index in [9.17, 15) is 20.1 Å². The van der Waals surface area contributed by atoms with Gasteiger partial charge in [0, 0.05) is 12.0 Å². The van der Waals surface area contributed by atoms with Crippen molar-refractivity contribution in [1.82, 2.24) is 0 Å². The predicted octanol–water partition coefficient (Wildman–Crippen LogP) is 7.15. The summed E-state index contributed by atoms with van der Waals surface area (Å²) in [6.07, 6.45) is 6.38. The topological polar surface area (TPSA) is 121 Å². The summed E-state index contributed by atoms with van der Waals surface area (Å²) in [7, 11) is 0. The maximum Gasteiger partial charge on any atom is 0.200 e. The van der Waals surface area contributed by atoms with Gasteiger partial charge in [-0.15, -0.1) is 0 Å². The first kappa shape index (κ1) is 32.2. The molecule has 1 saturated heterocycles. The molecule has 4 aliphatic rings. The lowest BCUT2D eigenvalue weighted by atomic mass is 9.39. The first-order chi connectivity index (χ1) is 20.3. The molecule has 0 amide bonds. The van der Waals surface area contributed by atoms with Crippen molar-refractivity contribution >= 4 is 17.3 Å². The number of aliphatic hydroxyl groups is 1. The van der Waals surface area contributed by atoms with E-state index in [1.165, 1.54) is 12.1 Å². The standard InChI is InChI=1S/C37H48O7/c1-21(2)9-11-24-18-35-20-36(16-15-33(5,6)19-27(36)40)44-31(35)28(29(41)23-10-12-25(38)26(39)17-23)30(42)37(32(35)43,34(24,7)8)14-13-22(3)4/h9-10,12-13,17,24,27,38-40H,11,14-16,18-20H2,1-8H3/t24-,27?,35+,36+,37+/m0/s1. The fourth-order valence-corrected chi connectivity index (χ4v) is 8.53. The number of aromatic hydroxyl groups is 2. The van der Waals surface area contributed by atoms with Crippen LogP contribution in [0.1, 0.15) is 111 Å². The van der Waals surface area contributed by atoms with E-state index in [1.54, 1.807) is 0 Å². The Morgan fingerprint density at radius 1 is 0.955 bits per heavy atom. The van der Waals surface area contributed by atoms with E-state index in [0.29, 0.717) is 25.7 Å². The summed E-state index contributed by atoms with van der Waals surface area (Å²) in [6, 6.07) is 3.72. The Bertz CT molecular complexity index is 1520. The highest BCUT2D eigenvalue weighted by Gasteiger charge is 2.77. The zero-order chi connectivity index (χ0) is 32.6. The van der Waals surface area contributed by atoms with Gasteiger partial charge in [0.25, 0.3) is 0 Å². The Morgan fingerprint density at radius 3 is 2.20 bits per heavy atom. The molecule has 1 aromatic rings. The van der Waals surface area contributed by atoms with Gasteiger partial charge < -0.3 is 20.1 Å². The number of hydrogen-bond donors (Lipinski definition) is 3. The summed E-state index contributed by atoms with van der Waals surface area (Å²) in [5.74, 6) is -2.27. The summed E-state index contributed by atoms with van der Waals surface area (Å²) in [5, 5.41) is 31.9. The summed E-state index contributed by atoms with van der Waals surface area (Å²) in [4.78, 5) is 44.9. The van der Waals surface area contributed by atoms with Gasteiger partial charge in [0.2, 0.25) is 0 Å². The van der Waals surface area contributed by atoms with Gasteiger partial charge in [0.1, 0.15) is 22.3 Å². The Hall–Kier alpha value is -3.19. The number of carbonyl (C=O) groups excluding carboxylic acids is 3. The number of Topliss-reactive ketones (excluding diaryl/α,β-unsaturated/α-hetero) is 3. The van der Waals surface area contributed by atoms with Crippen molar-refractivity contribution in [2.75, 3.05) is 0 Å². The maximum absolute atomic E-state index is 15.3. The van der Waals surface area contributed by atoms with Crippen LogP contribution in [0.15, 0.2) is 52.8 Å². The summed E-state index contributed by atoms with van der Waals surface area (Å²) >= 11 is 0. The predicted molar refractivity (Wildman–Crippen MR) is 168 cm³/mol. The fraction of sp³-hybridized carbons (Fsp3) is 0.595. The number of ether oxygens (including phenoxy) is 1. The van der Waals surface area contributed by atoms with Crippen molar-refractivity contribution in [3.63, 3.8) is 0 Å². The molecular formula is C37H48O7. The van der Waals surface area contributed by atoms with E-state index in [-0.39, 0.29) is 52.6 Å². The fourth-order valence-electron chi connectivity index (χ4n) is 8.53. The minimum absolute atomic E-state index is 0.0184. The molecule has 1 unspecified atom stereocenters. The van der Waals surface area contributed by atoms with E-state index >= 15 is 9.59 Å². The van der Waals surface area contributed by atoms with Crippen LogP contribution < -0.4 is 0 Å². The number of allylic oxidation sites excluding steroid dienone is 6. The Kier molecular flexibility index (Phi) is 7.64. The summed E-state index contributed by atoms with van der Waals surface area (Å²) < 4.78 is 6.76. The van der Waals surface area contributed by atoms with E-state index < -0.39 is 45.3 Å². The minimum atomic E-state index is -1.54. The van der Waals surface area contributed by atoms with Gasteiger partial charge in [-0.2, -0.15) is 0 Å². The van der Waals surface area contributed by atoms with Crippen molar-refractivity contribution in [3.8, 4) is 11.5 Å². The van der Waals surface area contributed by atoms with Crippen LogP contribution in [-0.2, 0) is 14.3 Å². The number of ketones is 3. The van der Waals surface area contributed by atoms with Gasteiger partial charge in [-0.25, -0.2) is 0 Å². The molecule has 3 fully saturated rings. The van der Waals surface area contributed by atoms with Gasteiger partial charge in [-0.3, -0.25) is 14.4 Å². The first-order valence-electron chi connectivity index (χ1n) is 15.9. The third kappa shape index (κ3) is 4.60. The smallest absolute Gasteiger partial charge is 0.200 e. The number of rotatable bonds is 6.